The maximum Gasteiger partial charge on any atom is 0.145 e. The maximum absolute atomic E-state index is 6.44. The number of benzene rings is 1. The molecule has 0 unspecified atom stereocenters. The fourth-order valence-electron chi connectivity index (χ4n) is 3.49. The maximum atomic E-state index is 6.44. The Morgan fingerprint density at radius 1 is 1.13 bits per heavy atom. The highest BCUT2D eigenvalue weighted by Gasteiger charge is 2.34. The lowest BCUT2D eigenvalue weighted by Gasteiger charge is -2.39. The average Bonchev–Trinajstić information content (AvgIpc) is 2.57. The minimum absolute atomic E-state index is 0.0300. The summed E-state index contributed by atoms with van der Waals surface area (Å²) in [5.41, 5.74) is 1.27. The number of aromatic nitrogens is 1. The first-order chi connectivity index (χ1) is 11.2. The van der Waals surface area contributed by atoms with Crippen LogP contribution >= 0.6 is 0 Å². The van der Waals surface area contributed by atoms with E-state index in [0.717, 1.165) is 55.8 Å². The molecular formula is C20H25NO2. The van der Waals surface area contributed by atoms with E-state index in [9.17, 15) is 0 Å². The Morgan fingerprint density at radius 2 is 1.96 bits per heavy atom. The molecule has 3 heteroatoms. The van der Waals surface area contributed by atoms with Crippen LogP contribution in [0.2, 0.25) is 0 Å². The van der Waals surface area contributed by atoms with Crippen molar-refractivity contribution in [2.75, 3.05) is 0 Å². The molecule has 0 saturated heterocycles. The Kier molecular flexibility index (Phi) is 4.85. The minimum atomic E-state index is 0.0300. The van der Waals surface area contributed by atoms with Crippen LogP contribution in [-0.2, 0) is 6.42 Å². The lowest BCUT2D eigenvalue weighted by molar-refractivity contribution is 0.0275. The van der Waals surface area contributed by atoms with E-state index in [1.165, 1.54) is 5.56 Å². The van der Waals surface area contributed by atoms with Crippen LogP contribution in [0.25, 0.3) is 0 Å². The molecular weight excluding hydrogens is 286 g/mol. The molecule has 0 radical (unpaired) electrons. The highest BCUT2D eigenvalue weighted by Crippen LogP contribution is 2.40. The molecule has 0 atom stereocenters. The number of ether oxygens (including phenoxy) is 2. The smallest absolute Gasteiger partial charge is 0.145 e. The molecule has 3 nitrogen and oxygen atoms in total. The van der Waals surface area contributed by atoms with Gasteiger partial charge in [0.05, 0.1) is 6.20 Å². The van der Waals surface area contributed by atoms with Crippen LogP contribution in [0.3, 0.4) is 0 Å². The fraction of sp³-hybridized carbons (Fsp3) is 0.450. The molecule has 23 heavy (non-hydrogen) atoms. The summed E-state index contributed by atoms with van der Waals surface area (Å²) in [5.74, 6) is 2.63. The van der Waals surface area contributed by atoms with Gasteiger partial charge in [-0.2, -0.15) is 0 Å². The van der Waals surface area contributed by atoms with E-state index >= 15 is 0 Å². The molecule has 1 aromatic carbocycles. The largest absolute Gasteiger partial charge is 0.487 e. The van der Waals surface area contributed by atoms with Crippen molar-refractivity contribution in [2.45, 2.75) is 58.0 Å². The van der Waals surface area contributed by atoms with Gasteiger partial charge < -0.3 is 9.47 Å². The van der Waals surface area contributed by atoms with Crippen LogP contribution in [0.4, 0.5) is 0 Å². The van der Waals surface area contributed by atoms with E-state index in [4.69, 9.17) is 9.47 Å². The molecule has 0 N–H and O–H groups in total. The number of pyridine rings is 1. The van der Waals surface area contributed by atoms with Gasteiger partial charge in [-0.25, -0.2) is 0 Å². The summed E-state index contributed by atoms with van der Waals surface area (Å²) < 4.78 is 12.3. The normalized spacial score (nSPS) is 15.6. The molecule has 1 aromatic heterocycles. The van der Waals surface area contributed by atoms with Crippen LogP contribution < -0.4 is 9.47 Å². The fourth-order valence-corrected chi connectivity index (χ4v) is 3.49. The van der Waals surface area contributed by atoms with Gasteiger partial charge in [0.2, 0.25) is 0 Å². The second-order valence-corrected chi connectivity index (χ2v) is 6.35. The summed E-state index contributed by atoms with van der Waals surface area (Å²) in [6.45, 7) is 4.47. The summed E-state index contributed by atoms with van der Waals surface area (Å²) in [6, 6.07) is 9.93. The summed E-state index contributed by atoms with van der Waals surface area (Å²) in [6.07, 6.45) is 10.2. The first-order valence-electron chi connectivity index (χ1n) is 8.64. The molecule has 3 rings (SSSR count). The summed E-state index contributed by atoms with van der Waals surface area (Å²) in [4.78, 5) is 4.08. The van der Waals surface area contributed by atoms with Crippen LogP contribution in [0, 0.1) is 0 Å². The minimum Gasteiger partial charge on any atom is -0.487 e. The quantitative estimate of drug-likeness (QED) is 0.702. The van der Waals surface area contributed by atoms with E-state index in [1.807, 2.05) is 18.2 Å². The SMILES string of the molecule is CCCC1(CCC)CCc2cc(Oc3cccnc3)ccc2O1. The van der Waals surface area contributed by atoms with E-state index in [-0.39, 0.29) is 5.60 Å². The van der Waals surface area contributed by atoms with Gasteiger partial charge >= 0.3 is 0 Å². The third-order valence-electron chi connectivity index (χ3n) is 4.49. The first-order valence-corrected chi connectivity index (χ1v) is 8.64. The third-order valence-corrected chi connectivity index (χ3v) is 4.49. The number of fused-ring (bicyclic) bond motifs is 1. The zero-order chi connectivity index (χ0) is 16.1. The third kappa shape index (κ3) is 3.66. The molecule has 0 aliphatic carbocycles. The van der Waals surface area contributed by atoms with Gasteiger partial charge in [-0.1, -0.05) is 26.7 Å². The highest BCUT2D eigenvalue weighted by atomic mass is 16.5. The Hall–Kier alpha value is -2.03. The molecule has 0 fully saturated rings. The molecule has 0 amide bonds. The summed E-state index contributed by atoms with van der Waals surface area (Å²) in [7, 11) is 0. The van der Waals surface area contributed by atoms with Crippen LogP contribution in [0.1, 0.15) is 51.5 Å². The van der Waals surface area contributed by atoms with E-state index in [2.05, 4.69) is 31.0 Å². The number of rotatable bonds is 6. The van der Waals surface area contributed by atoms with Crippen LogP contribution in [-0.4, -0.2) is 10.6 Å². The number of hydrogen-bond acceptors (Lipinski definition) is 3. The van der Waals surface area contributed by atoms with Gasteiger partial charge in [0.1, 0.15) is 22.8 Å². The van der Waals surface area contributed by atoms with Crippen molar-refractivity contribution >= 4 is 0 Å². The Balaban J connectivity index is 1.78. The summed E-state index contributed by atoms with van der Waals surface area (Å²) in [5, 5.41) is 0. The first kappa shape index (κ1) is 15.9. The molecule has 0 spiro atoms. The molecule has 2 heterocycles. The van der Waals surface area contributed by atoms with Crippen molar-refractivity contribution in [3.63, 3.8) is 0 Å². The van der Waals surface area contributed by atoms with E-state index < -0.39 is 0 Å². The van der Waals surface area contributed by atoms with Gasteiger partial charge in [0, 0.05) is 6.20 Å². The second kappa shape index (κ2) is 7.03. The molecule has 122 valence electrons. The Labute approximate surface area is 138 Å². The average molecular weight is 311 g/mol. The van der Waals surface area contributed by atoms with E-state index in [0.29, 0.717) is 0 Å². The van der Waals surface area contributed by atoms with Crippen molar-refractivity contribution in [1.82, 2.24) is 4.98 Å². The summed E-state index contributed by atoms with van der Waals surface area (Å²) >= 11 is 0. The second-order valence-electron chi connectivity index (χ2n) is 6.35. The Morgan fingerprint density at radius 3 is 2.65 bits per heavy atom. The molecule has 2 aromatic rings. The van der Waals surface area contributed by atoms with Crippen LogP contribution in [0.15, 0.2) is 42.7 Å². The monoisotopic (exact) mass is 311 g/mol. The highest BCUT2D eigenvalue weighted by molar-refractivity contribution is 5.43. The molecule has 1 aliphatic rings. The van der Waals surface area contributed by atoms with E-state index in [1.54, 1.807) is 12.4 Å². The lowest BCUT2D eigenvalue weighted by Crippen LogP contribution is -2.39. The number of aryl methyl sites for hydroxylation is 1. The van der Waals surface area contributed by atoms with Gasteiger partial charge in [-0.05, 0) is 61.6 Å². The van der Waals surface area contributed by atoms with Gasteiger partial charge in [-0.3, -0.25) is 4.98 Å². The van der Waals surface area contributed by atoms with Crippen molar-refractivity contribution in [2.24, 2.45) is 0 Å². The van der Waals surface area contributed by atoms with Gasteiger partial charge in [0.15, 0.2) is 0 Å². The molecule has 0 bridgehead atoms. The Bertz CT molecular complexity index is 633. The standard InChI is InChI=1S/C20H25NO2/c1-3-10-20(11-4-2)12-9-16-14-17(7-8-19(16)23-20)22-18-6-5-13-21-15-18/h5-8,13-15H,3-4,9-12H2,1-2H3. The van der Waals surface area contributed by atoms with Gasteiger partial charge in [-0.15, -0.1) is 0 Å². The predicted molar refractivity (Wildman–Crippen MR) is 92.2 cm³/mol. The lowest BCUT2D eigenvalue weighted by atomic mass is 9.84. The zero-order valence-corrected chi connectivity index (χ0v) is 14.0. The predicted octanol–water partition coefficient (Wildman–Crippen LogP) is 5.54. The number of hydrogen-bond donors (Lipinski definition) is 0. The molecule has 1 aliphatic heterocycles. The number of nitrogens with zero attached hydrogens (tertiary/aromatic N) is 1. The van der Waals surface area contributed by atoms with Crippen molar-refractivity contribution in [3.05, 3.63) is 48.3 Å². The van der Waals surface area contributed by atoms with Crippen LogP contribution in [0.5, 0.6) is 17.2 Å². The van der Waals surface area contributed by atoms with Gasteiger partial charge in [0.25, 0.3) is 0 Å². The van der Waals surface area contributed by atoms with Crippen molar-refractivity contribution < 1.29 is 9.47 Å². The molecule has 0 saturated carbocycles. The van der Waals surface area contributed by atoms with Crippen molar-refractivity contribution in [3.8, 4) is 17.2 Å². The topological polar surface area (TPSA) is 31.4 Å². The van der Waals surface area contributed by atoms with Crippen molar-refractivity contribution in [1.29, 1.82) is 0 Å². The zero-order valence-electron chi connectivity index (χ0n) is 14.0.